The minimum Gasteiger partial charge on any atom is -0.316 e. The summed E-state index contributed by atoms with van der Waals surface area (Å²) in [5.41, 5.74) is 2.68. The first-order valence-electron chi connectivity index (χ1n) is 8.44. The van der Waals surface area contributed by atoms with Crippen molar-refractivity contribution >= 4 is 10.9 Å². The topological polar surface area (TPSA) is 24.9 Å². The van der Waals surface area contributed by atoms with Gasteiger partial charge in [-0.25, -0.2) is 0 Å². The van der Waals surface area contributed by atoms with E-state index >= 15 is 0 Å². The Morgan fingerprint density at radius 3 is 2.90 bits per heavy atom. The zero-order valence-electron chi connectivity index (χ0n) is 13.0. The summed E-state index contributed by atoms with van der Waals surface area (Å²) < 4.78 is 0. The molecule has 1 aromatic heterocycles. The predicted octanol–water partition coefficient (Wildman–Crippen LogP) is 4.51. The molecule has 0 saturated heterocycles. The third kappa shape index (κ3) is 3.26. The van der Waals surface area contributed by atoms with Crippen molar-refractivity contribution in [3.8, 4) is 0 Å². The summed E-state index contributed by atoms with van der Waals surface area (Å²) >= 11 is 0. The van der Waals surface area contributed by atoms with Crippen molar-refractivity contribution in [2.45, 2.75) is 44.9 Å². The predicted molar refractivity (Wildman–Crippen MR) is 89.6 cm³/mol. The van der Waals surface area contributed by atoms with Crippen LogP contribution >= 0.6 is 0 Å². The molecule has 1 aliphatic carbocycles. The Morgan fingerprint density at radius 2 is 2.00 bits per heavy atom. The van der Waals surface area contributed by atoms with Crippen molar-refractivity contribution in [2.24, 2.45) is 5.92 Å². The van der Waals surface area contributed by atoms with E-state index in [1.807, 2.05) is 12.3 Å². The maximum atomic E-state index is 4.67. The van der Waals surface area contributed by atoms with Crippen LogP contribution in [-0.2, 0) is 0 Å². The average molecular weight is 282 g/mol. The highest BCUT2D eigenvalue weighted by atomic mass is 14.9. The summed E-state index contributed by atoms with van der Waals surface area (Å²) in [6, 6.07) is 10.9. The van der Waals surface area contributed by atoms with Gasteiger partial charge in [0.25, 0.3) is 0 Å². The Labute approximate surface area is 128 Å². The van der Waals surface area contributed by atoms with E-state index < -0.39 is 0 Å². The van der Waals surface area contributed by atoms with Gasteiger partial charge in [-0.05, 0) is 55.8 Å². The van der Waals surface area contributed by atoms with Crippen molar-refractivity contribution in [2.75, 3.05) is 13.1 Å². The van der Waals surface area contributed by atoms with Crippen molar-refractivity contribution in [3.05, 3.63) is 42.1 Å². The molecule has 0 amide bonds. The summed E-state index contributed by atoms with van der Waals surface area (Å²) in [6.45, 7) is 4.53. The number of hydrogen-bond acceptors (Lipinski definition) is 2. The van der Waals surface area contributed by atoms with E-state index in [0.717, 1.165) is 19.0 Å². The SMILES string of the molecule is CCCNCC1CCCCC1c1cccc2cccnc12. The molecule has 2 atom stereocenters. The van der Waals surface area contributed by atoms with Gasteiger partial charge < -0.3 is 5.32 Å². The molecule has 0 aliphatic heterocycles. The first-order valence-corrected chi connectivity index (χ1v) is 8.44. The largest absolute Gasteiger partial charge is 0.316 e. The number of nitrogens with one attached hydrogen (secondary N) is 1. The molecule has 1 saturated carbocycles. The number of pyridine rings is 1. The number of aromatic nitrogens is 1. The number of para-hydroxylation sites is 1. The quantitative estimate of drug-likeness (QED) is 0.816. The lowest BCUT2D eigenvalue weighted by Crippen LogP contribution is -2.30. The summed E-state index contributed by atoms with van der Waals surface area (Å²) in [7, 11) is 0. The fraction of sp³-hybridized carbons (Fsp3) is 0.526. The van der Waals surface area contributed by atoms with E-state index in [1.54, 1.807) is 0 Å². The van der Waals surface area contributed by atoms with Crippen LogP contribution in [0.3, 0.4) is 0 Å². The maximum Gasteiger partial charge on any atom is 0.0736 e. The maximum absolute atomic E-state index is 4.67. The molecule has 0 bridgehead atoms. The van der Waals surface area contributed by atoms with Crippen LogP contribution in [-0.4, -0.2) is 18.1 Å². The van der Waals surface area contributed by atoms with E-state index in [-0.39, 0.29) is 0 Å². The second-order valence-electron chi connectivity index (χ2n) is 6.28. The smallest absolute Gasteiger partial charge is 0.0736 e. The molecule has 1 heterocycles. The Morgan fingerprint density at radius 1 is 1.14 bits per heavy atom. The zero-order valence-corrected chi connectivity index (χ0v) is 13.0. The first kappa shape index (κ1) is 14.5. The van der Waals surface area contributed by atoms with Crippen LogP contribution in [0.2, 0.25) is 0 Å². The third-order valence-corrected chi connectivity index (χ3v) is 4.81. The third-order valence-electron chi connectivity index (χ3n) is 4.81. The highest BCUT2D eigenvalue weighted by Gasteiger charge is 2.27. The monoisotopic (exact) mass is 282 g/mol. The molecule has 3 rings (SSSR count). The standard InChI is InChI=1S/C19H26N2/c1-2-12-20-14-16-7-3-4-10-17(16)18-11-5-8-15-9-6-13-21-19(15)18/h5-6,8-9,11,13,16-17,20H,2-4,7,10,12,14H2,1H3. The molecule has 1 aromatic carbocycles. The summed E-state index contributed by atoms with van der Waals surface area (Å²) in [4.78, 5) is 4.67. The van der Waals surface area contributed by atoms with Gasteiger partial charge in [0.1, 0.15) is 0 Å². The van der Waals surface area contributed by atoms with Crippen LogP contribution in [0.1, 0.15) is 50.5 Å². The van der Waals surface area contributed by atoms with Crippen molar-refractivity contribution in [3.63, 3.8) is 0 Å². The fourth-order valence-electron chi connectivity index (χ4n) is 3.75. The van der Waals surface area contributed by atoms with Gasteiger partial charge in [0.2, 0.25) is 0 Å². The van der Waals surface area contributed by atoms with Crippen molar-refractivity contribution in [1.29, 1.82) is 0 Å². The molecule has 0 radical (unpaired) electrons. The molecule has 2 unspecified atom stereocenters. The molecule has 1 aliphatic rings. The highest BCUT2D eigenvalue weighted by molar-refractivity contribution is 5.82. The second-order valence-corrected chi connectivity index (χ2v) is 6.28. The Kier molecular flexibility index (Phi) is 4.87. The summed E-state index contributed by atoms with van der Waals surface area (Å²) in [5.74, 6) is 1.43. The Bertz CT molecular complexity index is 573. The molecule has 21 heavy (non-hydrogen) atoms. The van der Waals surface area contributed by atoms with Crippen LogP contribution in [0.5, 0.6) is 0 Å². The Hall–Kier alpha value is -1.41. The van der Waals surface area contributed by atoms with Gasteiger partial charge in [-0.3, -0.25) is 4.98 Å². The van der Waals surface area contributed by atoms with Crippen LogP contribution in [0.25, 0.3) is 10.9 Å². The van der Waals surface area contributed by atoms with Gasteiger partial charge >= 0.3 is 0 Å². The molecule has 1 N–H and O–H groups in total. The molecular formula is C19H26N2. The molecular weight excluding hydrogens is 256 g/mol. The van der Waals surface area contributed by atoms with Crippen LogP contribution in [0.4, 0.5) is 0 Å². The number of fused-ring (bicyclic) bond motifs is 1. The van der Waals surface area contributed by atoms with E-state index in [4.69, 9.17) is 0 Å². The highest BCUT2D eigenvalue weighted by Crippen LogP contribution is 2.39. The van der Waals surface area contributed by atoms with E-state index in [2.05, 4.69) is 41.5 Å². The minimum atomic E-state index is 0.668. The van der Waals surface area contributed by atoms with Crippen LogP contribution < -0.4 is 5.32 Å². The molecule has 2 aromatic rings. The summed E-state index contributed by atoms with van der Waals surface area (Å²) in [6.07, 6.45) is 8.55. The van der Waals surface area contributed by atoms with E-state index in [9.17, 15) is 0 Å². The minimum absolute atomic E-state index is 0.668. The number of nitrogens with zero attached hydrogens (tertiary/aromatic N) is 1. The second kappa shape index (κ2) is 7.04. The average Bonchev–Trinajstić information content (AvgIpc) is 2.55. The van der Waals surface area contributed by atoms with Gasteiger partial charge in [0.05, 0.1) is 5.52 Å². The lowest BCUT2D eigenvalue weighted by molar-refractivity contribution is 0.297. The normalized spacial score (nSPS) is 22.5. The molecule has 2 nitrogen and oxygen atoms in total. The Balaban J connectivity index is 1.87. The molecule has 2 heteroatoms. The number of rotatable bonds is 5. The van der Waals surface area contributed by atoms with Crippen LogP contribution in [0, 0.1) is 5.92 Å². The number of hydrogen-bond donors (Lipinski definition) is 1. The van der Waals surface area contributed by atoms with Gasteiger partial charge in [0, 0.05) is 11.6 Å². The lowest BCUT2D eigenvalue weighted by Gasteiger charge is -2.32. The molecule has 1 fully saturated rings. The van der Waals surface area contributed by atoms with E-state index in [1.165, 1.54) is 48.6 Å². The zero-order chi connectivity index (χ0) is 14.5. The van der Waals surface area contributed by atoms with Gasteiger partial charge in [-0.15, -0.1) is 0 Å². The molecule has 112 valence electrons. The fourth-order valence-corrected chi connectivity index (χ4v) is 3.75. The summed E-state index contributed by atoms with van der Waals surface area (Å²) in [5, 5.41) is 4.91. The van der Waals surface area contributed by atoms with E-state index in [0.29, 0.717) is 5.92 Å². The van der Waals surface area contributed by atoms with Gasteiger partial charge in [-0.1, -0.05) is 44.0 Å². The van der Waals surface area contributed by atoms with Crippen LogP contribution in [0.15, 0.2) is 36.5 Å². The van der Waals surface area contributed by atoms with Crippen molar-refractivity contribution < 1.29 is 0 Å². The number of benzene rings is 1. The van der Waals surface area contributed by atoms with Crippen molar-refractivity contribution in [1.82, 2.24) is 10.3 Å². The first-order chi connectivity index (χ1) is 10.4. The lowest BCUT2D eigenvalue weighted by atomic mass is 9.75. The van der Waals surface area contributed by atoms with Gasteiger partial charge in [0.15, 0.2) is 0 Å². The molecule has 0 spiro atoms. The van der Waals surface area contributed by atoms with Gasteiger partial charge in [-0.2, -0.15) is 0 Å².